The molecule has 0 unspecified atom stereocenters. The van der Waals surface area contributed by atoms with Crippen molar-refractivity contribution < 1.29 is 14.5 Å². The van der Waals surface area contributed by atoms with E-state index < -0.39 is 7.12 Å². The normalized spacial score (nSPS) is 11.3. The van der Waals surface area contributed by atoms with Gasteiger partial charge in [-0.1, -0.05) is 72.8 Å². The van der Waals surface area contributed by atoms with Gasteiger partial charge >= 0.3 is 7.12 Å². The van der Waals surface area contributed by atoms with Gasteiger partial charge in [0, 0.05) is 16.5 Å². The molecule has 0 saturated heterocycles. The molecule has 0 spiro atoms. The molecular weight excluding hydrogens is 409 g/mol. The van der Waals surface area contributed by atoms with E-state index in [1.54, 1.807) is 12.1 Å². The summed E-state index contributed by atoms with van der Waals surface area (Å²) in [4.78, 5) is 2.21. The highest BCUT2D eigenvalue weighted by Crippen LogP contribution is 2.44. The first kappa shape index (κ1) is 19.6. The van der Waals surface area contributed by atoms with Crippen molar-refractivity contribution in [3.63, 3.8) is 0 Å². The van der Waals surface area contributed by atoms with E-state index in [1.807, 2.05) is 54.6 Å². The number of hydrogen-bond acceptors (Lipinski definition) is 4. The van der Waals surface area contributed by atoms with Crippen LogP contribution in [0.15, 0.2) is 114 Å². The minimum Gasteiger partial charge on any atom is -0.456 e. The number of fused-ring (bicyclic) bond motifs is 4. The van der Waals surface area contributed by atoms with E-state index in [2.05, 4.69) is 47.4 Å². The van der Waals surface area contributed by atoms with Crippen LogP contribution in [0, 0.1) is 0 Å². The number of benzene rings is 5. The number of rotatable bonds is 4. The van der Waals surface area contributed by atoms with Gasteiger partial charge in [-0.15, -0.1) is 0 Å². The summed E-state index contributed by atoms with van der Waals surface area (Å²) in [5.41, 5.74) is 5.05. The second kappa shape index (κ2) is 7.82. The van der Waals surface area contributed by atoms with Crippen molar-refractivity contribution in [1.82, 2.24) is 0 Å². The predicted molar refractivity (Wildman–Crippen MR) is 136 cm³/mol. The first-order valence-corrected chi connectivity index (χ1v) is 10.8. The first-order valence-electron chi connectivity index (χ1n) is 10.8. The molecule has 0 atom stereocenters. The molecule has 6 aromatic rings. The highest BCUT2D eigenvalue weighted by Gasteiger charge is 2.21. The monoisotopic (exact) mass is 429 g/mol. The molecule has 5 heteroatoms. The molecule has 0 aliphatic heterocycles. The van der Waals surface area contributed by atoms with Crippen LogP contribution in [0.2, 0.25) is 0 Å². The smallest absolute Gasteiger partial charge is 0.456 e. The van der Waals surface area contributed by atoms with E-state index in [-0.39, 0.29) is 0 Å². The summed E-state index contributed by atoms with van der Waals surface area (Å²) in [7, 11) is -1.51. The summed E-state index contributed by atoms with van der Waals surface area (Å²) in [6.45, 7) is 0. The summed E-state index contributed by atoms with van der Waals surface area (Å²) in [6, 6.07) is 36.1. The zero-order valence-electron chi connectivity index (χ0n) is 17.7. The minimum absolute atomic E-state index is 0.448. The molecule has 1 aromatic heterocycles. The van der Waals surface area contributed by atoms with Crippen LogP contribution in [0.25, 0.3) is 32.7 Å². The molecule has 33 heavy (non-hydrogen) atoms. The van der Waals surface area contributed by atoms with Gasteiger partial charge in [-0.2, -0.15) is 0 Å². The Bertz CT molecular complexity index is 1600. The van der Waals surface area contributed by atoms with E-state index in [1.165, 1.54) is 0 Å². The lowest BCUT2D eigenvalue weighted by Gasteiger charge is -2.27. The van der Waals surface area contributed by atoms with Gasteiger partial charge in [0.1, 0.15) is 11.2 Å². The van der Waals surface area contributed by atoms with Crippen LogP contribution in [0.3, 0.4) is 0 Å². The van der Waals surface area contributed by atoms with Crippen LogP contribution in [-0.2, 0) is 0 Å². The average Bonchev–Trinajstić information content (AvgIpc) is 3.24. The fraction of sp³-hybridized carbons (Fsp3) is 0. The maximum Gasteiger partial charge on any atom is 0.488 e. The number of nitrogens with zero attached hydrogens (tertiary/aromatic N) is 1. The third-order valence-electron chi connectivity index (χ3n) is 6.08. The molecule has 1 heterocycles. The van der Waals surface area contributed by atoms with Crippen molar-refractivity contribution in [2.24, 2.45) is 0 Å². The Kier molecular flexibility index (Phi) is 4.65. The molecule has 0 aliphatic carbocycles. The molecule has 5 aromatic carbocycles. The Hall–Kier alpha value is -4.06. The van der Waals surface area contributed by atoms with Crippen LogP contribution >= 0.6 is 0 Å². The number of hydrogen-bond donors (Lipinski definition) is 2. The van der Waals surface area contributed by atoms with E-state index in [9.17, 15) is 10.0 Å². The van der Waals surface area contributed by atoms with E-state index in [0.29, 0.717) is 5.46 Å². The molecule has 2 N–H and O–H groups in total. The third-order valence-corrected chi connectivity index (χ3v) is 6.08. The molecule has 0 radical (unpaired) electrons. The fourth-order valence-electron chi connectivity index (χ4n) is 4.55. The molecule has 0 aliphatic rings. The van der Waals surface area contributed by atoms with Gasteiger partial charge in [-0.05, 0) is 47.2 Å². The molecule has 6 rings (SSSR count). The molecule has 0 saturated carbocycles. The lowest BCUT2D eigenvalue weighted by Crippen LogP contribution is -2.29. The quantitative estimate of drug-likeness (QED) is 0.343. The maximum atomic E-state index is 9.59. The van der Waals surface area contributed by atoms with Gasteiger partial charge in [0.05, 0.1) is 16.8 Å². The van der Waals surface area contributed by atoms with Crippen molar-refractivity contribution >= 4 is 62.4 Å². The van der Waals surface area contributed by atoms with Crippen molar-refractivity contribution in [2.75, 3.05) is 4.90 Å². The highest BCUT2D eigenvalue weighted by atomic mass is 16.4. The van der Waals surface area contributed by atoms with Crippen molar-refractivity contribution in [1.29, 1.82) is 0 Å². The van der Waals surface area contributed by atoms with Crippen LogP contribution < -0.4 is 10.4 Å². The third kappa shape index (κ3) is 3.26. The van der Waals surface area contributed by atoms with Gasteiger partial charge in [0.2, 0.25) is 0 Å². The first-order chi connectivity index (χ1) is 16.2. The van der Waals surface area contributed by atoms with Gasteiger partial charge in [0.25, 0.3) is 0 Å². The Morgan fingerprint density at radius 3 is 2.03 bits per heavy atom. The Balaban J connectivity index is 1.68. The topological polar surface area (TPSA) is 56.8 Å². The number of anilines is 3. The predicted octanol–water partition coefficient (Wildman–Crippen LogP) is 5.89. The standard InChI is InChI=1S/C28H20BNO3/c31-29(32)20-15-17-21(18-16-20)30(24-11-5-8-19-7-1-2-9-22(19)24)25-12-6-14-27-28(25)23-10-3-4-13-26(23)33-27/h1-18,31-32H. The largest absolute Gasteiger partial charge is 0.488 e. The van der Waals surface area contributed by atoms with Crippen LogP contribution in [0.4, 0.5) is 17.1 Å². The molecule has 4 nitrogen and oxygen atoms in total. The number of furan rings is 1. The fourth-order valence-corrected chi connectivity index (χ4v) is 4.55. The SMILES string of the molecule is OB(O)c1ccc(N(c2cccc3ccccc23)c2cccc3oc4ccccc4c23)cc1. The second-order valence-corrected chi connectivity index (χ2v) is 8.05. The summed E-state index contributed by atoms with van der Waals surface area (Å²) >= 11 is 0. The van der Waals surface area contributed by atoms with Gasteiger partial charge in [-0.3, -0.25) is 0 Å². The van der Waals surface area contributed by atoms with Gasteiger partial charge in [0.15, 0.2) is 0 Å². The molecule has 0 bridgehead atoms. The summed E-state index contributed by atoms with van der Waals surface area (Å²) in [5.74, 6) is 0. The Morgan fingerprint density at radius 1 is 0.576 bits per heavy atom. The molecular formula is C28H20BNO3. The summed E-state index contributed by atoms with van der Waals surface area (Å²) in [6.07, 6.45) is 0. The molecule has 0 fully saturated rings. The van der Waals surface area contributed by atoms with Gasteiger partial charge < -0.3 is 19.4 Å². The lowest BCUT2D eigenvalue weighted by molar-refractivity contribution is 0.426. The van der Waals surface area contributed by atoms with Crippen LogP contribution in [-0.4, -0.2) is 17.2 Å². The summed E-state index contributed by atoms with van der Waals surface area (Å²) in [5, 5.41) is 23.5. The zero-order chi connectivity index (χ0) is 22.4. The second-order valence-electron chi connectivity index (χ2n) is 8.05. The van der Waals surface area contributed by atoms with Gasteiger partial charge in [-0.25, -0.2) is 0 Å². The lowest BCUT2D eigenvalue weighted by atomic mass is 9.80. The maximum absolute atomic E-state index is 9.59. The minimum atomic E-state index is -1.51. The Morgan fingerprint density at radius 2 is 1.21 bits per heavy atom. The zero-order valence-corrected chi connectivity index (χ0v) is 17.7. The van der Waals surface area contributed by atoms with E-state index in [0.717, 1.165) is 49.8 Å². The van der Waals surface area contributed by atoms with E-state index >= 15 is 0 Å². The highest BCUT2D eigenvalue weighted by molar-refractivity contribution is 6.58. The number of para-hydroxylation sites is 1. The van der Waals surface area contributed by atoms with Crippen LogP contribution in [0.5, 0.6) is 0 Å². The van der Waals surface area contributed by atoms with Crippen LogP contribution in [0.1, 0.15) is 0 Å². The Labute approximate surface area is 191 Å². The molecule has 0 amide bonds. The van der Waals surface area contributed by atoms with E-state index in [4.69, 9.17) is 4.42 Å². The molecule has 158 valence electrons. The average molecular weight is 429 g/mol. The summed E-state index contributed by atoms with van der Waals surface area (Å²) < 4.78 is 6.16. The van der Waals surface area contributed by atoms with Crippen molar-refractivity contribution in [3.05, 3.63) is 109 Å². The van der Waals surface area contributed by atoms with Crippen molar-refractivity contribution in [2.45, 2.75) is 0 Å². The van der Waals surface area contributed by atoms with Crippen molar-refractivity contribution in [3.8, 4) is 0 Å².